The largest absolute Gasteiger partial charge is 0.354 e. The summed E-state index contributed by atoms with van der Waals surface area (Å²) in [5.74, 6) is -0.826. The van der Waals surface area contributed by atoms with Crippen LogP contribution in [0.2, 0.25) is 0 Å². The van der Waals surface area contributed by atoms with Crippen molar-refractivity contribution in [1.82, 2.24) is 21.3 Å². The van der Waals surface area contributed by atoms with Crippen LogP contribution in [0.4, 0.5) is 9.18 Å². The number of amides is 4. The predicted molar refractivity (Wildman–Crippen MR) is 101 cm³/mol. The summed E-state index contributed by atoms with van der Waals surface area (Å²) in [4.78, 5) is 35.8. The number of benzene rings is 1. The standard InChI is InChI=1S/C19H29FN4O3/c1-4-5-16(18(26)22-11-10-21-17(25)13(2)3)24-19(27)23-12-14-6-8-15(20)9-7-14/h6-9,13,16H,4-5,10-12H2,1-3H3,(H,21,25)(H,22,26)(H2,23,24,27). The van der Waals surface area contributed by atoms with Gasteiger partial charge in [0.15, 0.2) is 0 Å². The number of hydrogen-bond acceptors (Lipinski definition) is 3. The van der Waals surface area contributed by atoms with Crippen LogP contribution in [-0.2, 0) is 16.1 Å². The van der Waals surface area contributed by atoms with Crippen molar-refractivity contribution in [3.8, 4) is 0 Å². The van der Waals surface area contributed by atoms with Gasteiger partial charge in [0.2, 0.25) is 11.8 Å². The van der Waals surface area contributed by atoms with E-state index in [1.807, 2.05) is 6.92 Å². The molecule has 1 atom stereocenters. The van der Waals surface area contributed by atoms with Crippen molar-refractivity contribution in [1.29, 1.82) is 0 Å². The Balaban J connectivity index is 2.39. The van der Waals surface area contributed by atoms with Crippen LogP contribution in [0.1, 0.15) is 39.2 Å². The number of rotatable bonds is 10. The van der Waals surface area contributed by atoms with E-state index in [1.165, 1.54) is 12.1 Å². The lowest BCUT2D eigenvalue weighted by atomic mass is 10.1. The van der Waals surface area contributed by atoms with Gasteiger partial charge < -0.3 is 21.3 Å². The monoisotopic (exact) mass is 380 g/mol. The van der Waals surface area contributed by atoms with Gasteiger partial charge in [0, 0.05) is 25.6 Å². The molecule has 0 aliphatic heterocycles. The number of urea groups is 1. The Labute approximate surface area is 159 Å². The molecule has 0 bridgehead atoms. The smallest absolute Gasteiger partial charge is 0.315 e. The van der Waals surface area contributed by atoms with Crippen LogP contribution in [-0.4, -0.2) is 37.0 Å². The summed E-state index contributed by atoms with van der Waals surface area (Å²) >= 11 is 0. The second kappa shape index (κ2) is 11.9. The van der Waals surface area contributed by atoms with Crippen LogP contribution in [0.25, 0.3) is 0 Å². The lowest BCUT2D eigenvalue weighted by molar-refractivity contribution is -0.125. The third kappa shape index (κ3) is 9.03. The van der Waals surface area contributed by atoms with E-state index in [-0.39, 0.29) is 36.6 Å². The molecule has 0 heterocycles. The molecule has 1 aromatic rings. The summed E-state index contributed by atoms with van der Waals surface area (Å²) < 4.78 is 12.9. The fraction of sp³-hybridized carbons (Fsp3) is 0.526. The molecule has 150 valence electrons. The molecule has 0 radical (unpaired) electrons. The average Bonchev–Trinajstić information content (AvgIpc) is 2.64. The van der Waals surface area contributed by atoms with Crippen LogP contribution in [0.3, 0.4) is 0 Å². The minimum atomic E-state index is -0.663. The molecule has 0 aliphatic rings. The SMILES string of the molecule is CCCC(NC(=O)NCc1ccc(F)cc1)C(=O)NCCNC(=O)C(C)C. The summed E-state index contributed by atoms with van der Waals surface area (Å²) in [6, 6.07) is 4.67. The molecule has 0 spiro atoms. The molecule has 0 aliphatic carbocycles. The predicted octanol–water partition coefficient (Wildman–Crippen LogP) is 1.68. The van der Waals surface area contributed by atoms with Crippen LogP contribution in [0, 0.1) is 11.7 Å². The first-order valence-electron chi connectivity index (χ1n) is 9.17. The minimum Gasteiger partial charge on any atom is -0.354 e. The van der Waals surface area contributed by atoms with Gasteiger partial charge in [-0.1, -0.05) is 39.3 Å². The van der Waals surface area contributed by atoms with Crippen molar-refractivity contribution in [2.24, 2.45) is 5.92 Å². The number of carbonyl (C=O) groups is 3. The summed E-state index contributed by atoms with van der Waals surface area (Å²) in [7, 11) is 0. The molecular weight excluding hydrogens is 351 g/mol. The van der Waals surface area contributed by atoms with E-state index in [4.69, 9.17) is 0 Å². The van der Waals surface area contributed by atoms with Gasteiger partial charge in [-0.3, -0.25) is 9.59 Å². The van der Waals surface area contributed by atoms with Crippen LogP contribution < -0.4 is 21.3 Å². The quantitative estimate of drug-likeness (QED) is 0.465. The molecule has 1 unspecified atom stereocenters. The molecule has 0 fully saturated rings. The maximum Gasteiger partial charge on any atom is 0.315 e. The molecule has 4 N–H and O–H groups in total. The molecule has 8 heteroatoms. The summed E-state index contributed by atoms with van der Waals surface area (Å²) in [5.41, 5.74) is 0.754. The minimum absolute atomic E-state index is 0.0762. The fourth-order valence-corrected chi connectivity index (χ4v) is 2.25. The highest BCUT2D eigenvalue weighted by Gasteiger charge is 2.19. The van der Waals surface area contributed by atoms with Gasteiger partial charge in [0.1, 0.15) is 11.9 Å². The van der Waals surface area contributed by atoms with Crippen molar-refractivity contribution in [3.63, 3.8) is 0 Å². The highest BCUT2D eigenvalue weighted by atomic mass is 19.1. The Bertz CT molecular complexity index is 620. The summed E-state index contributed by atoms with van der Waals surface area (Å²) in [6.45, 7) is 6.35. The maximum atomic E-state index is 12.9. The second-order valence-electron chi connectivity index (χ2n) is 6.53. The van der Waals surface area contributed by atoms with Crippen molar-refractivity contribution < 1.29 is 18.8 Å². The van der Waals surface area contributed by atoms with Gasteiger partial charge in [0.25, 0.3) is 0 Å². The zero-order chi connectivity index (χ0) is 20.2. The Hall–Kier alpha value is -2.64. The normalized spacial score (nSPS) is 11.6. The first kappa shape index (κ1) is 22.4. The molecule has 27 heavy (non-hydrogen) atoms. The topological polar surface area (TPSA) is 99.3 Å². The van der Waals surface area contributed by atoms with Crippen molar-refractivity contribution in [3.05, 3.63) is 35.6 Å². The fourth-order valence-electron chi connectivity index (χ4n) is 2.25. The Morgan fingerprint density at radius 1 is 0.963 bits per heavy atom. The van der Waals surface area contributed by atoms with Crippen LogP contribution in [0.5, 0.6) is 0 Å². The van der Waals surface area contributed by atoms with Gasteiger partial charge in [-0.05, 0) is 24.1 Å². The number of halogens is 1. The third-order valence-electron chi connectivity index (χ3n) is 3.81. The van der Waals surface area contributed by atoms with E-state index in [0.29, 0.717) is 13.0 Å². The molecule has 1 aromatic carbocycles. The highest BCUT2D eigenvalue weighted by molar-refractivity contribution is 5.87. The molecule has 0 aromatic heterocycles. The second-order valence-corrected chi connectivity index (χ2v) is 6.53. The van der Waals surface area contributed by atoms with Crippen molar-refractivity contribution in [2.45, 2.75) is 46.2 Å². The average molecular weight is 380 g/mol. The van der Waals surface area contributed by atoms with Crippen LogP contribution in [0.15, 0.2) is 24.3 Å². The maximum absolute atomic E-state index is 12.9. The van der Waals surface area contributed by atoms with Gasteiger partial charge in [-0.2, -0.15) is 0 Å². The zero-order valence-corrected chi connectivity index (χ0v) is 16.1. The summed E-state index contributed by atoms with van der Waals surface area (Å²) in [6.07, 6.45) is 1.22. The lowest BCUT2D eigenvalue weighted by Crippen LogP contribution is -2.50. The number of carbonyl (C=O) groups excluding carboxylic acids is 3. The Morgan fingerprint density at radius 2 is 1.56 bits per heavy atom. The number of nitrogens with one attached hydrogen (secondary N) is 4. The van der Waals surface area contributed by atoms with Crippen molar-refractivity contribution in [2.75, 3.05) is 13.1 Å². The molecule has 0 saturated carbocycles. The van der Waals surface area contributed by atoms with E-state index in [2.05, 4.69) is 21.3 Å². The molecule has 0 saturated heterocycles. The van der Waals surface area contributed by atoms with E-state index >= 15 is 0 Å². The first-order chi connectivity index (χ1) is 12.8. The first-order valence-corrected chi connectivity index (χ1v) is 9.17. The third-order valence-corrected chi connectivity index (χ3v) is 3.81. The van der Waals surface area contributed by atoms with Gasteiger partial charge in [0.05, 0.1) is 0 Å². The molecular formula is C19H29FN4O3. The highest BCUT2D eigenvalue weighted by Crippen LogP contribution is 2.02. The molecule has 7 nitrogen and oxygen atoms in total. The molecule has 4 amide bonds. The van der Waals surface area contributed by atoms with E-state index in [0.717, 1.165) is 12.0 Å². The summed E-state index contributed by atoms with van der Waals surface area (Å²) in [5, 5.41) is 10.7. The van der Waals surface area contributed by atoms with E-state index in [1.54, 1.807) is 26.0 Å². The molecule has 1 rings (SSSR count). The number of hydrogen-bond donors (Lipinski definition) is 4. The van der Waals surface area contributed by atoms with Gasteiger partial charge in [-0.15, -0.1) is 0 Å². The van der Waals surface area contributed by atoms with Gasteiger partial charge in [-0.25, -0.2) is 9.18 Å². The van der Waals surface area contributed by atoms with Gasteiger partial charge >= 0.3 is 6.03 Å². The zero-order valence-electron chi connectivity index (χ0n) is 16.1. The lowest BCUT2D eigenvalue weighted by Gasteiger charge is -2.18. The Kier molecular flexibility index (Phi) is 9.85. The van der Waals surface area contributed by atoms with E-state index in [9.17, 15) is 18.8 Å². The Morgan fingerprint density at radius 3 is 2.11 bits per heavy atom. The van der Waals surface area contributed by atoms with Crippen molar-refractivity contribution >= 4 is 17.8 Å². The van der Waals surface area contributed by atoms with Crippen LogP contribution >= 0.6 is 0 Å². The van der Waals surface area contributed by atoms with E-state index < -0.39 is 12.1 Å².